The molecule has 0 spiro atoms. The lowest BCUT2D eigenvalue weighted by atomic mass is 9.97. The molecule has 4 heterocycles. The van der Waals surface area contributed by atoms with E-state index in [0.717, 1.165) is 23.5 Å². The number of carbonyl (C=O) groups is 1. The number of hydrogen-bond acceptors (Lipinski definition) is 23. The fourth-order valence-corrected chi connectivity index (χ4v) is 9.22. The molecule has 348 valence electrons. The number of thioether (sulfide) groups is 2. The van der Waals surface area contributed by atoms with Crippen LogP contribution in [-0.4, -0.2) is 225 Å². The fraction of sp³-hybridized carbons (Fsp3) is 0.649. The second-order valence-electron chi connectivity index (χ2n) is 14.9. The minimum absolute atomic E-state index is 0.375. The van der Waals surface area contributed by atoms with Crippen molar-refractivity contribution in [3.8, 4) is 0 Å². The molecule has 20 atom stereocenters. The summed E-state index contributed by atoms with van der Waals surface area (Å²) in [4.78, 5) is 13.9. The molecule has 62 heavy (non-hydrogen) atoms. The van der Waals surface area contributed by atoms with Gasteiger partial charge in [-0.05, 0) is 48.5 Å². The number of ether oxygens (including phenoxy) is 6. The van der Waals surface area contributed by atoms with Gasteiger partial charge in [0.05, 0.1) is 26.4 Å². The monoisotopic (exact) mass is 924 g/mol. The maximum Gasteiger partial charge on any atom is 0.323 e. The summed E-state index contributed by atoms with van der Waals surface area (Å²) in [5, 5.41) is 149. The molecule has 0 aromatic heterocycles. The van der Waals surface area contributed by atoms with E-state index >= 15 is 0 Å². The maximum atomic E-state index is 12.8. The van der Waals surface area contributed by atoms with Crippen molar-refractivity contribution in [2.24, 2.45) is 0 Å². The number of carbonyl (C=O) groups excluding carboxylic acids is 1. The fourth-order valence-electron chi connectivity index (χ4n) is 7.10. The molecule has 0 aliphatic carbocycles. The highest BCUT2D eigenvalue weighted by molar-refractivity contribution is 8.00. The Labute approximate surface area is 361 Å². The van der Waals surface area contributed by atoms with Gasteiger partial charge < -0.3 is 111 Å². The van der Waals surface area contributed by atoms with E-state index in [4.69, 9.17) is 28.4 Å². The average molecular weight is 925 g/mol. The van der Waals surface area contributed by atoms with Gasteiger partial charge in [0.2, 0.25) is 0 Å². The highest BCUT2D eigenvalue weighted by Crippen LogP contribution is 2.38. The highest BCUT2D eigenvalue weighted by atomic mass is 32.2. The molecule has 6 rings (SSSR count). The van der Waals surface area contributed by atoms with Gasteiger partial charge in [-0.25, -0.2) is 4.79 Å². The van der Waals surface area contributed by atoms with Gasteiger partial charge in [-0.1, -0.05) is 23.5 Å². The van der Waals surface area contributed by atoms with Crippen molar-refractivity contribution in [2.75, 3.05) is 37.1 Å². The zero-order valence-electron chi connectivity index (χ0n) is 32.4. The molecule has 4 aliphatic rings. The first-order valence-electron chi connectivity index (χ1n) is 19.4. The lowest BCUT2D eigenvalue weighted by molar-refractivity contribution is -0.338. The summed E-state index contributed by atoms with van der Waals surface area (Å²) in [7, 11) is 0. The number of nitrogens with one attached hydrogen (secondary N) is 2. The predicted octanol–water partition coefficient (Wildman–Crippen LogP) is -5.24. The Balaban J connectivity index is 0.975. The van der Waals surface area contributed by atoms with Gasteiger partial charge in [0.1, 0.15) is 109 Å². The van der Waals surface area contributed by atoms with E-state index in [1.807, 2.05) is 0 Å². The molecule has 4 fully saturated rings. The maximum absolute atomic E-state index is 12.8. The Bertz CT molecular complexity index is 1600. The van der Waals surface area contributed by atoms with Crippen molar-refractivity contribution in [1.29, 1.82) is 0 Å². The lowest BCUT2D eigenvalue weighted by Gasteiger charge is -2.46. The molecular formula is C37H52N2O21S2. The van der Waals surface area contributed by atoms with Crippen LogP contribution in [0.2, 0.25) is 0 Å². The topological polar surface area (TPSA) is 380 Å². The number of benzene rings is 2. The van der Waals surface area contributed by atoms with Crippen molar-refractivity contribution in [2.45, 2.75) is 131 Å². The zero-order valence-corrected chi connectivity index (χ0v) is 34.1. The first-order valence-corrected chi connectivity index (χ1v) is 21.1. The van der Waals surface area contributed by atoms with Crippen molar-refractivity contribution in [3.05, 3.63) is 48.5 Å². The van der Waals surface area contributed by atoms with Gasteiger partial charge in [0.15, 0.2) is 12.6 Å². The van der Waals surface area contributed by atoms with E-state index in [0.29, 0.717) is 21.2 Å². The third kappa shape index (κ3) is 11.0. The van der Waals surface area contributed by atoms with Gasteiger partial charge in [0, 0.05) is 21.2 Å². The third-order valence-electron chi connectivity index (χ3n) is 10.6. The van der Waals surface area contributed by atoms with Crippen LogP contribution in [0.1, 0.15) is 0 Å². The third-order valence-corrected chi connectivity index (χ3v) is 13.0. The molecule has 2 amide bonds. The smallest absolute Gasteiger partial charge is 0.323 e. The summed E-state index contributed by atoms with van der Waals surface area (Å²) in [6, 6.07) is 12.0. The zero-order chi connectivity index (χ0) is 45.0. The van der Waals surface area contributed by atoms with Crippen LogP contribution in [0.3, 0.4) is 0 Å². The van der Waals surface area contributed by atoms with Gasteiger partial charge >= 0.3 is 6.03 Å². The Hall–Kier alpha value is -2.39. The summed E-state index contributed by atoms with van der Waals surface area (Å²) >= 11 is 1.98. The Morgan fingerprint density at radius 3 is 1.11 bits per heavy atom. The summed E-state index contributed by atoms with van der Waals surface area (Å²) in [5.74, 6) is 0. The number of hydrogen-bond donors (Lipinski definition) is 16. The summed E-state index contributed by atoms with van der Waals surface area (Å²) in [6.07, 6.45) is -28.2. The van der Waals surface area contributed by atoms with E-state index < -0.39 is 154 Å². The second-order valence-corrected chi connectivity index (χ2v) is 17.2. The van der Waals surface area contributed by atoms with Crippen LogP contribution in [0, 0.1) is 0 Å². The standard InChI is InChI=1S/C37H52N2O21S2/c40-9-17-21(44)23(46)27(50)33(55-17)59-31-19(11-42)57-35(29(52)25(31)48)61-15-5-1-13(2-6-15)38-37(54)39-14-3-7-16(8-4-14)62-36-30(53)26(49)32(20(12-43)58-36)60-34-28(51)24(47)22(45)18(10-41)56-34/h1-8,17-36,40-53H,9-12H2,(H2,38,39,54)/t17-,18-,19-,20-,21-,22-,23+,24+,25-,26-,27-,28-,29-,30-,31-,32-,33-,34-,35+,36+/m1/s1. The van der Waals surface area contributed by atoms with E-state index in [9.17, 15) is 76.3 Å². The summed E-state index contributed by atoms with van der Waals surface area (Å²) in [5.41, 5.74) is -1.49. The molecule has 0 bridgehead atoms. The van der Waals surface area contributed by atoms with E-state index in [2.05, 4.69) is 10.6 Å². The Morgan fingerprint density at radius 1 is 0.452 bits per heavy atom. The van der Waals surface area contributed by atoms with Crippen molar-refractivity contribution >= 4 is 40.9 Å². The molecule has 0 radical (unpaired) electrons. The van der Waals surface area contributed by atoms with Gasteiger partial charge in [0.25, 0.3) is 0 Å². The number of anilines is 2. The molecule has 4 saturated heterocycles. The molecule has 0 unspecified atom stereocenters. The molecular weight excluding hydrogens is 873 g/mol. The average Bonchev–Trinajstić information content (AvgIpc) is 3.27. The predicted molar refractivity (Wildman–Crippen MR) is 210 cm³/mol. The van der Waals surface area contributed by atoms with Crippen LogP contribution in [-0.2, 0) is 28.4 Å². The van der Waals surface area contributed by atoms with Crippen LogP contribution in [0.4, 0.5) is 16.2 Å². The van der Waals surface area contributed by atoms with Crippen LogP contribution >= 0.6 is 23.5 Å². The van der Waals surface area contributed by atoms with Crippen LogP contribution in [0.5, 0.6) is 0 Å². The molecule has 23 nitrogen and oxygen atoms in total. The SMILES string of the molecule is O=C(Nc1ccc(S[C@@H]2O[C@H](CO)[C@@H](O[C@H]3O[C@H](CO)[C@@H](O)[C@H](O)[C@H]3O)[C@H](O)[C@H]2O)cc1)Nc1ccc(S[C@@H]2O[C@H](CO)[C@@H](O[C@H]3O[C@H](CO)[C@@H](O)[C@H](O)[C@H]3O)[C@H](O)[C@H]2O)cc1. The number of aliphatic hydroxyl groups is 14. The van der Waals surface area contributed by atoms with Gasteiger partial charge in [-0.15, -0.1) is 0 Å². The summed E-state index contributed by atoms with van der Waals surface area (Å²) in [6.45, 7) is -2.82. The molecule has 4 aliphatic heterocycles. The first-order chi connectivity index (χ1) is 29.6. The van der Waals surface area contributed by atoms with Crippen molar-refractivity contribution in [3.63, 3.8) is 0 Å². The van der Waals surface area contributed by atoms with E-state index in [1.54, 1.807) is 48.5 Å². The lowest BCUT2D eigenvalue weighted by Crippen LogP contribution is -2.64. The number of rotatable bonds is 14. The van der Waals surface area contributed by atoms with Crippen LogP contribution in [0.25, 0.3) is 0 Å². The molecule has 16 N–H and O–H groups in total. The molecule has 0 saturated carbocycles. The number of amides is 2. The number of urea groups is 1. The van der Waals surface area contributed by atoms with Gasteiger partial charge in [-0.2, -0.15) is 0 Å². The minimum Gasteiger partial charge on any atom is -0.394 e. The quantitative estimate of drug-likeness (QED) is 0.0842. The molecule has 2 aromatic carbocycles. The highest BCUT2D eigenvalue weighted by Gasteiger charge is 2.52. The van der Waals surface area contributed by atoms with E-state index in [-0.39, 0.29) is 0 Å². The van der Waals surface area contributed by atoms with Crippen LogP contribution < -0.4 is 10.6 Å². The van der Waals surface area contributed by atoms with Crippen molar-refractivity contribution < 1.29 is 105 Å². The Kier molecular flexibility index (Phi) is 17.2. The normalized spacial score (nSPS) is 41.4. The second kappa shape index (κ2) is 21.7. The first kappa shape index (κ1) is 49.1. The van der Waals surface area contributed by atoms with E-state index in [1.165, 1.54) is 0 Å². The van der Waals surface area contributed by atoms with Gasteiger partial charge in [-0.3, -0.25) is 0 Å². The Morgan fingerprint density at radius 2 is 0.790 bits per heavy atom. The van der Waals surface area contributed by atoms with Crippen LogP contribution in [0.15, 0.2) is 58.3 Å². The number of aliphatic hydroxyl groups excluding tert-OH is 14. The molecule has 25 heteroatoms. The minimum atomic E-state index is -1.79. The summed E-state index contributed by atoms with van der Waals surface area (Å²) < 4.78 is 33.5. The molecule has 2 aromatic rings. The van der Waals surface area contributed by atoms with Crippen molar-refractivity contribution in [1.82, 2.24) is 0 Å². The largest absolute Gasteiger partial charge is 0.394 e.